The summed E-state index contributed by atoms with van der Waals surface area (Å²) in [5.74, 6) is 0.261. The van der Waals surface area contributed by atoms with Gasteiger partial charge in [-0.3, -0.25) is 4.79 Å². The normalized spacial score (nSPS) is 10.2. The molecule has 2 aromatic carbocycles. The molecule has 2 aromatic rings. The number of benzene rings is 2. The van der Waals surface area contributed by atoms with E-state index in [0.717, 1.165) is 0 Å². The SMILES string of the molecule is COc1ccc(NC(=O)Cc2cc(F)ccc2OC)cc1Cl. The Bertz CT molecular complexity index is 691. The second-order valence-electron chi connectivity index (χ2n) is 4.53. The Hall–Kier alpha value is -2.27. The van der Waals surface area contributed by atoms with Gasteiger partial charge in [0, 0.05) is 11.3 Å². The summed E-state index contributed by atoms with van der Waals surface area (Å²) in [5.41, 5.74) is 1.01. The van der Waals surface area contributed by atoms with Crippen molar-refractivity contribution in [1.82, 2.24) is 0 Å². The maximum atomic E-state index is 13.3. The zero-order valence-electron chi connectivity index (χ0n) is 12.2. The van der Waals surface area contributed by atoms with E-state index in [1.165, 1.54) is 32.4 Å². The number of rotatable bonds is 5. The predicted octanol–water partition coefficient (Wildman–Crippen LogP) is 3.68. The van der Waals surface area contributed by atoms with Gasteiger partial charge in [0.25, 0.3) is 0 Å². The standard InChI is InChI=1S/C16H15ClFNO3/c1-21-14-5-3-11(18)7-10(14)8-16(20)19-12-4-6-15(22-2)13(17)9-12/h3-7,9H,8H2,1-2H3,(H,19,20). The first kappa shape index (κ1) is 16.1. The lowest BCUT2D eigenvalue weighted by molar-refractivity contribution is -0.115. The van der Waals surface area contributed by atoms with E-state index >= 15 is 0 Å². The van der Waals surface area contributed by atoms with Gasteiger partial charge < -0.3 is 14.8 Å². The highest BCUT2D eigenvalue weighted by atomic mass is 35.5. The second-order valence-corrected chi connectivity index (χ2v) is 4.94. The summed E-state index contributed by atoms with van der Waals surface area (Å²) in [6, 6.07) is 8.96. The Labute approximate surface area is 132 Å². The Morgan fingerprint density at radius 3 is 2.45 bits per heavy atom. The van der Waals surface area contributed by atoms with Crippen LogP contribution in [-0.2, 0) is 11.2 Å². The van der Waals surface area contributed by atoms with Crippen molar-refractivity contribution >= 4 is 23.2 Å². The van der Waals surface area contributed by atoms with Crippen molar-refractivity contribution in [1.29, 1.82) is 0 Å². The first-order valence-corrected chi connectivity index (χ1v) is 6.87. The lowest BCUT2D eigenvalue weighted by atomic mass is 10.1. The molecule has 0 radical (unpaired) electrons. The van der Waals surface area contributed by atoms with Crippen molar-refractivity contribution in [2.75, 3.05) is 19.5 Å². The van der Waals surface area contributed by atoms with Gasteiger partial charge in [-0.2, -0.15) is 0 Å². The van der Waals surface area contributed by atoms with Crippen LogP contribution >= 0.6 is 11.6 Å². The number of nitrogens with one attached hydrogen (secondary N) is 1. The number of amides is 1. The number of hydrogen-bond acceptors (Lipinski definition) is 3. The van der Waals surface area contributed by atoms with E-state index in [9.17, 15) is 9.18 Å². The number of carbonyl (C=O) groups is 1. The fourth-order valence-corrected chi connectivity index (χ4v) is 2.27. The average molecular weight is 324 g/mol. The molecular weight excluding hydrogens is 309 g/mol. The van der Waals surface area contributed by atoms with E-state index < -0.39 is 5.82 Å². The molecule has 0 saturated carbocycles. The Balaban J connectivity index is 2.10. The lowest BCUT2D eigenvalue weighted by Crippen LogP contribution is -2.15. The summed E-state index contributed by atoms with van der Waals surface area (Å²) in [7, 11) is 2.98. The van der Waals surface area contributed by atoms with Crippen LogP contribution in [0.25, 0.3) is 0 Å². The third-order valence-electron chi connectivity index (χ3n) is 3.03. The molecule has 0 bridgehead atoms. The van der Waals surface area contributed by atoms with Gasteiger partial charge in [0.05, 0.1) is 25.7 Å². The smallest absolute Gasteiger partial charge is 0.228 e. The van der Waals surface area contributed by atoms with E-state index in [1.807, 2.05) is 0 Å². The van der Waals surface area contributed by atoms with Gasteiger partial charge in [-0.05, 0) is 36.4 Å². The maximum Gasteiger partial charge on any atom is 0.228 e. The van der Waals surface area contributed by atoms with Crippen LogP contribution < -0.4 is 14.8 Å². The van der Waals surface area contributed by atoms with Crippen LogP contribution in [0.2, 0.25) is 5.02 Å². The molecule has 0 aliphatic heterocycles. The van der Waals surface area contributed by atoms with E-state index in [1.54, 1.807) is 18.2 Å². The van der Waals surface area contributed by atoms with Gasteiger partial charge in [0.1, 0.15) is 17.3 Å². The van der Waals surface area contributed by atoms with Gasteiger partial charge in [-0.25, -0.2) is 4.39 Å². The molecule has 116 valence electrons. The Kier molecular flexibility index (Phi) is 5.22. The first-order chi connectivity index (χ1) is 10.5. The molecule has 2 rings (SSSR count). The highest BCUT2D eigenvalue weighted by Gasteiger charge is 2.11. The van der Waals surface area contributed by atoms with Gasteiger partial charge in [-0.1, -0.05) is 11.6 Å². The number of halogens is 2. The summed E-state index contributed by atoms with van der Waals surface area (Å²) in [6.07, 6.45) is -0.00934. The minimum atomic E-state index is -0.420. The van der Waals surface area contributed by atoms with Crippen molar-refractivity contribution in [3.8, 4) is 11.5 Å². The van der Waals surface area contributed by atoms with Crippen LogP contribution in [0.1, 0.15) is 5.56 Å². The minimum Gasteiger partial charge on any atom is -0.496 e. The van der Waals surface area contributed by atoms with Crippen molar-refractivity contribution < 1.29 is 18.7 Å². The van der Waals surface area contributed by atoms with E-state index in [4.69, 9.17) is 21.1 Å². The quantitative estimate of drug-likeness (QED) is 0.913. The van der Waals surface area contributed by atoms with Gasteiger partial charge in [0.2, 0.25) is 5.91 Å². The van der Waals surface area contributed by atoms with E-state index in [2.05, 4.69) is 5.32 Å². The van der Waals surface area contributed by atoms with Crippen molar-refractivity contribution in [3.05, 3.63) is 52.8 Å². The molecule has 0 saturated heterocycles. The number of carbonyl (C=O) groups excluding carboxylic acids is 1. The second kappa shape index (κ2) is 7.13. The monoisotopic (exact) mass is 323 g/mol. The molecule has 0 heterocycles. The lowest BCUT2D eigenvalue weighted by Gasteiger charge is -2.10. The van der Waals surface area contributed by atoms with Gasteiger partial charge in [-0.15, -0.1) is 0 Å². The minimum absolute atomic E-state index is 0.00934. The van der Waals surface area contributed by atoms with Crippen LogP contribution in [0.3, 0.4) is 0 Å². The summed E-state index contributed by atoms with van der Waals surface area (Å²) in [6.45, 7) is 0. The average Bonchev–Trinajstić information content (AvgIpc) is 2.47. The summed E-state index contributed by atoms with van der Waals surface area (Å²) in [4.78, 5) is 12.1. The highest BCUT2D eigenvalue weighted by Crippen LogP contribution is 2.27. The summed E-state index contributed by atoms with van der Waals surface area (Å²) in [5, 5.41) is 3.09. The zero-order valence-corrected chi connectivity index (χ0v) is 12.9. The topological polar surface area (TPSA) is 47.6 Å². The maximum absolute atomic E-state index is 13.3. The number of hydrogen-bond donors (Lipinski definition) is 1. The molecule has 0 unspecified atom stereocenters. The molecule has 1 amide bonds. The molecular formula is C16H15ClFNO3. The fourth-order valence-electron chi connectivity index (χ4n) is 2.01. The molecule has 22 heavy (non-hydrogen) atoms. The van der Waals surface area contributed by atoms with Gasteiger partial charge in [0.15, 0.2) is 0 Å². The summed E-state index contributed by atoms with van der Waals surface area (Å²) < 4.78 is 23.4. The van der Waals surface area contributed by atoms with Crippen molar-refractivity contribution in [2.24, 2.45) is 0 Å². The molecule has 0 aromatic heterocycles. The van der Waals surface area contributed by atoms with Crippen molar-refractivity contribution in [3.63, 3.8) is 0 Å². The fraction of sp³-hybridized carbons (Fsp3) is 0.188. The molecule has 0 aliphatic carbocycles. The van der Waals surface area contributed by atoms with E-state index in [-0.39, 0.29) is 12.3 Å². The van der Waals surface area contributed by atoms with Crippen LogP contribution in [0.15, 0.2) is 36.4 Å². The summed E-state index contributed by atoms with van der Waals surface area (Å²) >= 11 is 6.00. The molecule has 1 N–H and O–H groups in total. The zero-order chi connectivity index (χ0) is 16.1. The largest absolute Gasteiger partial charge is 0.496 e. The number of ether oxygens (including phenoxy) is 2. The Morgan fingerprint density at radius 1 is 1.14 bits per heavy atom. The van der Waals surface area contributed by atoms with Crippen LogP contribution in [-0.4, -0.2) is 20.1 Å². The molecule has 0 aliphatic rings. The number of methoxy groups -OCH3 is 2. The van der Waals surface area contributed by atoms with Crippen LogP contribution in [0.4, 0.5) is 10.1 Å². The van der Waals surface area contributed by atoms with Gasteiger partial charge >= 0.3 is 0 Å². The predicted molar refractivity (Wildman–Crippen MR) is 83.3 cm³/mol. The molecule has 4 nitrogen and oxygen atoms in total. The molecule has 0 spiro atoms. The number of anilines is 1. The van der Waals surface area contributed by atoms with Crippen LogP contribution in [0, 0.1) is 5.82 Å². The first-order valence-electron chi connectivity index (χ1n) is 6.49. The van der Waals surface area contributed by atoms with Crippen molar-refractivity contribution in [2.45, 2.75) is 6.42 Å². The molecule has 0 fully saturated rings. The Morgan fingerprint density at radius 2 is 1.82 bits per heavy atom. The third-order valence-corrected chi connectivity index (χ3v) is 3.32. The van der Waals surface area contributed by atoms with E-state index in [0.29, 0.717) is 27.8 Å². The highest BCUT2D eigenvalue weighted by molar-refractivity contribution is 6.32. The molecule has 0 atom stereocenters. The molecule has 6 heteroatoms. The van der Waals surface area contributed by atoms with Crippen LogP contribution in [0.5, 0.6) is 11.5 Å². The third kappa shape index (κ3) is 3.89.